The van der Waals surface area contributed by atoms with Gasteiger partial charge in [-0.2, -0.15) is 0 Å². The summed E-state index contributed by atoms with van der Waals surface area (Å²) in [6.45, 7) is 0. The fraction of sp³-hybridized carbons (Fsp3) is 0.750. The summed E-state index contributed by atoms with van der Waals surface area (Å²) < 4.78 is 8.22. The lowest BCUT2D eigenvalue weighted by atomic mass is 10.0. The molecule has 5 nitrogen and oxygen atoms in total. The van der Waals surface area contributed by atoms with Crippen molar-refractivity contribution in [2.75, 3.05) is 0 Å². The van der Waals surface area contributed by atoms with Gasteiger partial charge in [0.1, 0.15) is 11.1 Å². The Bertz CT molecular complexity index is 242. The third-order valence-electron chi connectivity index (χ3n) is 2.03. The molecular weight excluding hydrogens is 272 g/mol. The van der Waals surface area contributed by atoms with Gasteiger partial charge in [0.2, 0.25) is 0 Å². The third kappa shape index (κ3) is 6.39. The number of carbonyl (C=O) groups excluding carboxylic acids is 1. The summed E-state index contributed by atoms with van der Waals surface area (Å²) in [7, 11) is 2.99. The average Bonchev–Trinajstić information content (AvgIpc) is 2.25. The molecule has 0 unspecified atom stereocenters. The monoisotopic (exact) mass is 284 g/mol. The van der Waals surface area contributed by atoms with Crippen LogP contribution in [0.15, 0.2) is 0 Å². The van der Waals surface area contributed by atoms with E-state index in [2.05, 4.69) is 8.92 Å². The van der Waals surface area contributed by atoms with Crippen molar-refractivity contribution < 1.29 is 23.6 Å². The first kappa shape index (κ1) is 13.9. The lowest BCUT2D eigenvalue weighted by Crippen LogP contribution is -2.08. The average molecular weight is 284 g/mol. The molecule has 1 aliphatic rings. The van der Waals surface area contributed by atoms with Gasteiger partial charge >= 0.3 is 12.3 Å². The molecule has 92 valence electrons. The molecule has 1 aliphatic carbocycles. The van der Waals surface area contributed by atoms with Crippen LogP contribution in [0.25, 0.3) is 0 Å². The van der Waals surface area contributed by atoms with Gasteiger partial charge in [-0.25, -0.2) is 9.59 Å². The predicted molar refractivity (Wildman–Crippen MR) is 65.2 cm³/mol. The minimum Gasteiger partial charge on any atom is -0.449 e. The van der Waals surface area contributed by atoms with E-state index >= 15 is 0 Å². The highest BCUT2D eigenvalue weighted by Gasteiger charge is 2.16. The molecule has 8 heteroatoms. The standard InChI is InChI=1S/C8H12O5S3/c9-7(10)12-8(11)13-15-16-14-6-4-2-1-3-5-6/h6H,1-5H2,(H,9,10). The normalized spacial score (nSPS) is 16.8. The van der Waals surface area contributed by atoms with Gasteiger partial charge in [-0.1, -0.05) is 30.1 Å². The molecule has 0 aromatic rings. The molecule has 0 saturated heterocycles. The first-order valence-electron chi connectivity index (χ1n) is 4.80. The summed E-state index contributed by atoms with van der Waals surface area (Å²) >= 11 is 0.839. The Labute approximate surface area is 105 Å². The molecule has 0 atom stereocenters. The highest BCUT2D eigenvalue weighted by molar-refractivity contribution is 9.08. The number of rotatable bonds is 4. The molecule has 1 fully saturated rings. The first-order chi connectivity index (χ1) is 7.68. The SMILES string of the molecule is O=C(O)OC(=O)OSSSC1CCCCC1. The molecule has 0 heterocycles. The molecule has 0 aromatic heterocycles. The van der Waals surface area contributed by atoms with Crippen molar-refractivity contribution in [3.05, 3.63) is 0 Å². The number of ether oxygens (including phenoxy) is 1. The fourth-order valence-corrected chi connectivity index (χ4v) is 4.94. The molecule has 16 heavy (non-hydrogen) atoms. The summed E-state index contributed by atoms with van der Waals surface area (Å²) in [5.74, 6) is 0. The van der Waals surface area contributed by atoms with Crippen molar-refractivity contribution in [3.63, 3.8) is 0 Å². The van der Waals surface area contributed by atoms with E-state index in [4.69, 9.17) is 5.11 Å². The van der Waals surface area contributed by atoms with Gasteiger partial charge in [0.25, 0.3) is 0 Å². The molecular formula is C8H12O5S3. The van der Waals surface area contributed by atoms with Gasteiger partial charge in [-0.15, -0.1) is 0 Å². The minimum absolute atomic E-state index is 0.602. The molecule has 1 rings (SSSR count). The summed E-state index contributed by atoms with van der Waals surface area (Å²) in [5.41, 5.74) is 0. The van der Waals surface area contributed by atoms with Crippen LogP contribution in [0.3, 0.4) is 0 Å². The third-order valence-corrected chi connectivity index (χ3v) is 5.74. The van der Waals surface area contributed by atoms with Crippen LogP contribution in [0.2, 0.25) is 0 Å². The van der Waals surface area contributed by atoms with Crippen LogP contribution in [-0.2, 0) is 8.92 Å². The minimum atomic E-state index is -1.66. The van der Waals surface area contributed by atoms with Gasteiger partial charge in [-0.05, 0) is 12.8 Å². The van der Waals surface area contributed by atoms with Crippen molar-refractivity contribution in [2.24, 2.45) is 0 Å². The number of carbonyl (C=O) groups is 2. The molecule has 0 amide bonds. The number of carboxylic acid groups (broad SMARTS) is 1. The summed E-state index contributed by atoms with van der Waals surface area (Å²) in [6.07, 6.45) is 3.34. The molecule has 0 radical (unpaired) electrons. The molecule has 1 N–H and O–H groups in total. The van der Waals surface area contributed by atoms with Gasteiger partial charge in [0.05, 0.1) is 0 Å². The Morgan fingerprint density at radius 2 is 1.88 bits per heavy atom. The van der Waals surface area contributed by atoms with E-state index in [1.54, 1.807) is 10.8 Å². The zero-order valence-electron chi connectivity index (χ0n) is 8.42. The van der Waals surface area contributed by atoms with Crippen LogP contribution in [0.1, 0.15) is 32.1 Å². The van der Waals surface area contributed by atoms with E-state index in [1.165, 1.54) is 41.9 Å². The molecule has 0 spiro atoms. The van der Waals surface area contributed by atoms with Crippen LogP contribution >= 0.6 is 31.7 Å². The Hall–Kier alpha value is -0.210. The van der Waals surface area contributed by atoms with Crippen molar-refractivity contribution >= 4 is 44.0 Å². The smallest absolute Gasteiger partial charge is 0.449 e. The zero-order chi connectivity index (χ0) is 11.8. The summed E-state index contributed by atoms with van der Waals surface area (Å²) in [6, 6.07) is 0. The van der Waals surface area contributed by atoms with Crippen LogP contribution in [0, 0.1) is 0 Å². The maximum Gasteiger partial charge on any atom is 0.531 e. The molecule has 0 aliphatic heterocycles. The Morgan fingerprint density at radius 3 is 2.50 bits per heavy atom. The Morgan fingerprint density at radius 1 is 1.19 bits per heavy atom. The van der Waals surface area contributed by atoms with Crippen LogP contribution < -0.4 is 0 Å². The summed E-state index contributed by atoms with van der Waals surface area (Å²) in [4.78, 5) is 20.6. The lowest BCUT2D eigenvalue weighted by Gasteiger charge is -2.19. The lowest BCUT2D eigenvalue weighted by molar-refractivity contribution is 0.0893. The van der Waals surface area contributed by atoms with Crippen LogP contribution in [-0.4, -0.2) is 22.7 Å². The maximum atomic E-state index is 10.6. The highest BCUT2D eigenvalue weighted by Crippen LogP contribution is 2.42. The van der Waals surface area contributed by atoms with E-state index in [0.717, 1.165) is 11.1 Å². The van der Waals surface area contributed by atoms with Crippen molar-refractivity contribution in [1.82, 2.24) is 0 Å². The van der Waals surface area contributed by atoms with Gasteiger partial charge in [-0.3, -0.25) is 0 Å². The second-order valence-electron chi connectivity index (χ2n) is 3.19. The number of hydrogen-bond acceptors (Lipinski definition) is 7. The van der Waals surface area contributed by atoms with Gasteiger partial charge in [0, 0.05) is 15.1 Å². The van der Waals surface area contributed by atoms with E-state index < -0.39 is 12.3 Å². The second kappa shape index (κ2) is 7.97. The number of hydrogen-bond donors (Lipinski definition) is 1. The van der Waals surface area contributed by atoms with E-state index in [9.17, 15) is 9.59 Å². The van der Waals surface area contributed by atoms with Gasteiger partial charge in [0.15, 0.2) is 0 Å². The largest absolute Gasteiger partial charge is 0.531 e. The van der Waals surface area contributed by atoms with E-state index in [0.29, 0.717) is 5.25 Å². The maximum absolute atomic E-state index is 10.6. The molecule has 0 bridgehead atoms. The summed E-state index contributed by atoms with van der Waals surface area (Å²) in [5, 5.41) is 8.70. The topological polar surface area (TPSA) is 72.8 Å². The quantitative estimate of drug-likeness (QED) is 0.272. The van der Waals surface area contributed by atoms with Crippen LogP contribution in [0.5, 0.6) is 0 Å². The first-order valence-corrected chi connectivity index (χ1v) is 8.27. The molecule has 1 saturated carbocycles. The van der Waals surface area contributed by atoms with Crippen LogP contribution in [0.4, 0.5) is 9.59 Å². The Balaban J connectivity index is 1.98. The fourth-order valence-electron chi connectivity index (χ4n) is 1.36. The predicted octanol–water partition coefficient (Wildman–Crippen LogP) is 4.09. The molecule has 0 aromatic carbocycles. The van der Waals surface area contributed by atoms with Gasteiger partial charge < -0.3 is 14.0 Å². The van der Waals surface area contributed by atoms with Crippen molar-refractivity contribution in [3.8, 4) is 0 Å². The Kier molecular flexibility index (Phi) is 6.90. The van der Waals surface area contributed by atoms with Crippen molar-refractivity contribution in [1.29, 1.82) is 0 Å². The van der Waals surface area contributed by atoms with E-state index in [1.807, 2.05) is 0 Å². The second-order valence-corrected chi connectivity index (χ2v) is 7.11. The zero-order valence-corrected chi connectivity index (χ0v) is 10.9. The highest BCUT2D eigenvalue weighted by atomic mass is 33.5. The van der Waals surface area contributed by atoms with E-state index in [-0.39, 0.29) is 0 Å². The van der Waals surface area contributed by atoms with Crippen molar-refractivity contribution in [2.45, 2.75) is 37.4 Å².